The number of benzene rings is 2. The van der Waals surface area contributed by atoms with Gasteiger partial charge in [-0.05, 0) is 53.1 Å². The molecule has 30 heavy (non-hydrogen) atoms. The topological polar surface area (TPSA) is 63.7 Å². The summed E-state index contributed by atoms with van der Waals surface area (Å²) < 4.78 is 49.1. The van der Waals surface area contributed by atoms with Gasteiger partial charge in [-0.15, -0.1) is 0 Å². The maximum atomic E-state index is 14.1. The first-order chi connectivity index (χ1) is 14.2. The largest absolute Gasteiger partial charge is 0.425 e. The number of halogens is 5. The maximum Gasteiger partial charge on any atom is 0.425 e. The van der Waals surface area contributed by atoms with Crippen LogP contribution in [0, 0.1) is 11.3 Å². The van der Waals surface area contributed by atoms with E-state index in [4.69, 9.17) is 27.9 Å². The normalized spacial score (nSPS) is 18.9. The van der Waals surface area contributed by atoms with Crippen molar-refractivity contribution in [2.24, 2.45) is 0 Å². The number of hydrogen-bond donors (Lipinski definition) is 0. The monoisotopic (exact) mass is 450 g/mol. The number of hydrogen-bond acceptors (Lipinski definition) is 4. The second-order valence-electron chi connectivity index (χ2n) is 6.53. The lowest BCUT2D eigenvalue weighted by atomic mass is 9.91. The van der Waals surface area contributed by atoms with E-state index in [-0.39, 0.29) is 33.4 Å². The van der Waals surface area contributed by atoms with Gasteiger partial charge in [0.1, 0.15) is 18.7 Å². The average Bonchev–Trinajstić information content (AvgIpc) is 3.37. The summed E-state index contributed by atoms with van der Waals surface area (Å²) in [5.74, 6) is 0. The Labute approximate surface area is 178 Å². The Morgan fingerprint density at radius 3 is 2.47 bits per heavy atom. The summed E-state index contributed by atoms with van der Waals surface area (Å²) in [6.45, 7) is -0.308. The van der Waals surface area contributed by atoms with Crippen LogP contribution in [0.25, 0.3) is 11.3 Å². The predicted octanol–water partition coefficient (Wildman–Crippen LogP) is 5.32. The molecule has 2 aromatic carbocycles. The lowest BCUT2D eigenvalue weighted by molar-refractivity contribution is -0.254. The van der Waals surface area contributed by atoms with Gasteiger partial charge in [0.15, 0.2) is 0 Å². The Morgan fingerprint density at radius 1 is 1.13 bits per heavy atom. The van der Waals surface area contributed by atoms with E-state index in [0.717, 1.165) is 6.08 Å². The van der Waals surface area contributed by atoms with E-state index < -0.39 is 11.8 Å². The van der Waals surface area contributed by atoms with E-state index in [9.17, 15) is 18.4 Å². The number of alkyl halides is 3. The van der Waals surface area contributed by atoms with E-state index in [1.165, 1.54) is 41.6 Å². The van der Waals surface area contributed by atoms with Crippen LogP contribution in [0.15, 0.2) is 55.1 Å². The third-order valence-electron chi connectivity index (χ3n) is 4.70. The zero-order valence-electron chi connectivity index (χ0n) is 15.0. The van der Waals surface area contributed by atoms with Crippen molar-refractivity contribution in [2.45, 2.75) is 11.8 Å². The van der Waals surface area contributed by atoms with Crippen LogP contribution in [0.2, 0.25) is 10.0 Å². The van der Waals surface area contributed by atoms with Crippen molar-refractivity contribution in [2.75, 3.05) is 6.61 Å². The summed E-state index contributed by atoms with van der Waals surface area (Å²) in [7, 11) is 0. The number of ether oxygens (including phenoxy) is 1. The molecule has 0 saturated heterocycles. The molecule has 0 amide bonds. The van der Waals surface area contributed by atoms with Crippen LogP contribution in [0.5, 0.6) is 0 Å². The van der Waals surface area contributed by atoms with E-state index in [1.54, 1.807) is 12.1 Å². The molecular weight excluding hydrogens is 440 g/mol. The van der Waals surface area contributed by atoms with Crippen LogP contribution >= 0.6 is 23.2 Å². The van der Waals surface area contributed by atoms with E-state index in [0.29, 0.717) is 11.3 Å². The molecule has 0 spiro atoms. The molecule has 5 nitrogen and oxygen atoms in total. The predicted molar refractivity (Wildman–Crippen MR) is 104 cm³/mol. The molecule has 0 radical (unpaired) electrons. The first-order valence-corrected chi connectivity index (χ1v) is 9.27. The molecule has 0 fully saturated rings. The molecular formula is C20H11Cl2F3N4O. The summed E-state index contributed by atoms with van der Waals surface area (Å²) in [4.78, 5) is 3.83. The Bertz CT molecular complexity index is 1170. The Morgan fingerprint density at radius 2 is 1.87 bits per heavy atom. The molecule has 1 aliphatic heterocycles. The van der Waals surface area contributed by atoms with Gasteiger partial charge < -0.3 is 4.74 Å². The van der Waals surface area contributed by atoms with Crippen molar-refractivity contribution < 1.29 is 17.9 Å². The zero-order valence-corrected chi connectivity index (χ0v) is 16.5. The van der Waals surface area contributed by atoms with E-state index in [1.807, 2.05) is 6.07 Å². The third-order valence-corrected chi connectivity index (χ3v) is 5.14. The fourth-order valence-corrected chi connectivity index (χ4v) is 3.83. The summed E-state index contributed by atoms with van der Waals surface area (Å²) in [5, 5.41) is 13.6. The van der Waals surface area contributed by atoms with E-state index in [2.05, 4.69) is 10.1 Å². The summed E-state index contributed by atoms with van der Waals surface area (Å²) in [6.07, 6.45) is -1.02. The van der Waals surface area contributed by atoms with Crippen LogP contribution in [-0.2, 0) is 10.3 Å². The van der Waals surface area contributed by atoms with Gasteiger partial charge in [-0.2, -0.15) is 23.5 Å². The lowest BCUT2D eigenvalue weighted by Gasteiger charge is -2.30. The minimum atomic E-state index is -4.76. The molecule has 0 saturated carbocycles. The summed E-state index contributed by atoms with van der Waals surface area (Å²) in [6, 6.07) is 10.4. The first-order valence-electron chi connectivity index (χ1n) is 8.52. The third kappa shape index (κ3) is 3.45. The molecule has 4 rings (SSSR count). The van der Waals surface area contributed by atoms with Gasteiger partial charge in [0.2, 0.25) is 5.60 Å². The fraction of sp³-hybridized carbons (Fsp3) is 0.150. The van der Waals surface area contributed by atoms with Gasteiger partial charge in [0.25, 0.3) is 0 Å². The van der Waals surface area contributed by atoms with Crippen molar-refractivity contribution in [1.29, 1.82) is 5.26 Å². The van der Waals surface area contributed by atoms with Crippen molar-refractivity contribution >= 4 is 28.8 Å². The smallest absolute Gasteiger partial charge is 0.352 e. The molecule has 1 aliphatic rings. The highest BCUT2D eigenvalue weighted by Gasteiger charge is 2.58. The van der Waals surface area contributed by atoms with Crippen molar-refractivity contribution in [3.63, 3.8) is 0 Å². The molecule has 0 N–H and O–H groups in total. The highest BCUT2D eigenvalue weighted by atomic mass is 35.5. The quantitative estimate of drug-likeness (QED) is 0.541. The highest BCUT2D eigenvalue weighted by Crippen LogP contribution is 2.49. The van der Waals surface area contributed by atoms with Crippen molar-refractivity contribution in [1.82, 2.24) is 14.8 Å². The Balaban J connectivity index is 1.82. The van der Waals surface area contributed by atoms with Crippen LogP contribution in [0.3, 0.4) is 0 Å². The van der Waals surface area contributed by atoms with Crippen molar-refractivity contribution in [3.05, 3.63) is 81.9 Å². The molecule has 1 unspecified atom stereocenters. The standard InChI is InChI=1S/C20H11Cl2F3N4O/c21-16-4-15(5-17(22)6-16)19(20(23,24)25)7-14(9-30-19)12-1-2-18(13(3-12)8-26)29-11-27-10-28-29/h1-7,10-11H,9H2. The van der Waals surface area contributed by atoms with Gasteiger partial charge in [-0.25, -0.2) is 9.67 Å². The molecule has 0 bridgehead atoms. The van der Waals surface area contributed by atoms with Gasteiger partial charge in [0, 0.05) is 10.0 Å². The number of nitriles is 1. The molecule has 0 aliphatic carbocycles. The Hall–Kier alpha value is -2.86. The SMILES string of the molecule is N#Cc1cc(C2=CC(c3cc(Cl)cc(Cl)c3)(C(F)(F)F)OC2)ccc1-n1cncn1. The average molecular weight is 451 g/mol. The Kier molecular flexibility index (Phi) is 5.06. The first kappa shape index (κ1) is 20.4. The highest BCUT2D eigenvalue weighted by molar-refractivity contribution is 6.34. The molecule has 2 heterocycles. The number of rotatable bonds is 3. The second kappa shape index (κ2) is 7.43. The van der Waals surface area contributed by atoms with Gasteiger partial charge in [-0.3, -0.25) is 0 Å². The zero-order chi connectivity index (χ0) is 21.5. The van der Waals surface area contributed by atoms with Gasteiger partial charge in [-0.1, -0.05) is 29.3 Å². The lowest BCUT2D eigenvalue weighted by Crippen LogP contribution is -2.41. The summed E-state index contributed by atoms with van der Waals surface area (Å²) in [5.41, 5.74) is -1.52. The van der Waals surface area contributed by atoms with Gasteiger partial charge >= 0.3 is 6.18 Å². The number of nitrogens with zero attached hydrogens (tertiary/aromatic N) is 4. The van der Waals surface area contributed by atoms with Crippen LogP contribution in [0.4, 0.5) is 13.2 Å². The summed E-state index contributed by atoms with van der Waals surface area (Å²) >= 11 is 11.8. The minimum Gasteiger partial charge on any atom is -0.352 e. The van der Waals surface area contributed by atoms with Crippen LogP contribution in [0.1, 0.15) is 16.7 Å². The molecule has 10 heteroatoms. The molecule has 152 valence electrons. The van der Waals surface area contributed by atoms with Crippen molar-refractivity contribution in [3.8, 4) is 11.8 Å². The van der Waals surface area contributed by atoms with Crippen LogP contribution in [-0.4, -0.2) is 27.5 Å². The molecule has 1 atom stereocenters. The van der Waals surface area contributed by atoms with Crippen LogP contribution < -0.4 is 0 Å². The second-order valence-corrected chi connectivity index (χ2v) is 7.41. The van der Waals surface area contributed by atoms with E-state index >= 15 is 0 Å². The molecule has 1 aromatic heterocycles. The number of aromatic nitrogens is 3. The fourth-order valence-electron chi connectivity index (χ4n) is 3.31. The maximum absolute atomic E-state index is 14.1. The molecule has 3 aromatic rings. The minimum absolute atomic E-state index is 0.0653. The van der Waals surface area contributed by atoms with Gasteiger partial charge in [0.05, 0.1) is 17.9 Å².